The first-order valence-electron chi connectivity index (χ1n) is 7.63. The normalized spacial score (nSPS) is 11.8. The molecular weight excluding hydrogens is 282 g/mol. The Morgan fingerprint density at radius 2 is 0.957 bits per heavy atom. The highest BCUT2D eigenvalue weighted by Gasteiger charge is 2.21. The molecule has 108 valence electrons. The zero-order valence-corrected chi connectivity index (χ0v) is 12.3. The Kier molecular flexibility index (Phi) is 2.50. The van der Waals surface area contributed by atoms with Crippen LogP contribution in [0.15, 0.2) is 72.8 Å². The number of para-hydroxylation sites is 4. The van der Waals surface area contributed by atoms with E-state index in [0.717, 1.165) is 44.9 Å². The molecule has 0 saturated carbocycles. The van der Waals surface area contributed by atoms with E-state index in [0.29, 0.717) is 0 Å². The smallest absolute Gasteiger partial charge is 0.0994 e. The summed E-state index contributed by atoms with van der Waals surface area (Å²) in [5.41, 5.74) is 7.97. The van der Waals surface area contributed by atoms with Gasteiger partial charge in [-0.2, -0.15) is 0 Å². The van der Waals surface area contributed by atoms with Gasteiger partial charge in [-0.05, 0) is 24.3 Å². The molecule has 3 aromatic carbocycles. The molecule has 1 N–H and O–H groups in total. The molecule has 0 spiro atoms. The minimum Gasteiger partial charge on any atom is -0.354 e. The van der Waals surface area contributed by atoms with E-state index >= 15 is 0 Å². The molecule has 1 aliphatic heterocycles. The van der Waals surface area contributed by atoms with Gasteiger partial charge in [0.05, 0.1) is 22.4 Å². The molecule has 5 rings (SSSR count). The van der Waals surface area contributed by atoms with Gasteiger partial charge in [-0.15, -0.1) is 0 Å². The van der Waals surface area contributed by atoms with Crippen molar-refractivity contribution >= 4 is 22.4 Å². The Bertz CT molecular complexity index is 969. The zero-order chi connectivity index (χ0) is 15.2. The Morgan fingerprint density at radius 3 is 1.48 bits per heavy atom. The van der Waals surface area contributed by atoms with Crippen molar-refractivity contribution in [3.8, 4) is 22.5 Å². The minimum absolute atomic E-state index is 0.917. The van der Waals surface area contributed by atoms with Crippen molar-refractivity contribution in [2.75, 3.05) is 5.32 Å². The van der Waals surface area contributed by atoms with Gasteiger partial charge in [-0.1, -0.05) is 48.5 Å². The van der Waals surface area contributed by atoms with Crippen LogP contribution < -0.4 is 5.32 Å². The Balaban J connectivity index is 1.96. The fourth-order valence-corrected chi connectivity index (χ4v) is 3.12. The third-order valence-electron chi connectivity index (χ3n) is 4.20. The number of hydrogen-bond donors (Lipinski definition) is 1. The van der Waals surface area contributed by atoms with Crippen LogP contribution in [-0.2, 0) is 0 Å². The van der Waals surface area contributed by atoms with Crippen molar-refractivity contribution in [1.29, 1.82) is 0 Å². The first kappa shape index (κ1) is 12.4. The van der Waals surface area contributed by atoms with Gasteiger partial charge in [0.15, 0.2) is 0 Å². The fourth-order valence-electron chi connectivity index (χ4n) is 3.12. The van der Waals surface area contributed by atoms with Gasteiger partial charge in [-0.25, -0.2) is 9.97 Å². The van der Waals surface area contributed by atoms with Crippen LogP contribution in [0, 0.1) is 0 Å². The molecule has 0 atom stereocenters. The van der Waals surface area contributed by atoms with Gasteiger partial charge in [0.25, 0.3) is 0 Å². The standard InChI is InChI=1S/C20H13N3/c1-3-9-15-13(7-1)19-20(14-8-2-4-10-16(14)21-15)23-18-12-6-5-11-17(18)22-19/h1-12,21H. The molecule has 0 aliphatic carbocycles. The second-order valence-electron chi connectivity index (χ2n) is 5.63. The Labute approximate surface area is 133 Å². The lowest BCUT2D eigenvalue weighted by Crippen LogP contribution is -1.94. The van der Waals surface area contributed by atoms with E-state index < -0.39 is 0 Å². The SMILES string of the molecule is c1ccc2c(c1)Nc1ccccc1-c1nc3ccccc3nc1-2. The zero-order valence-electron chi connectivity index (χ0n) is 12.3. The third kappa shape index (κ3) is 1.83. The van der Waals surface area contributed by atoms with Crippen molar-refractivity contribution in [3.05, 3.63) is 72.8 Å². The van der Waals surface area contributed by atoms with E-state index in [-0.39, 0.29) is 0 Å². The molecule has 3 nitrogen and oxygen atoms in total. The molecule has 0 bridgehead atoms. The van der Waals surface area contributed by atoms with Crippen LogP contribution in [0.5, 0.6) is 0 Å². The van der Waals surface area contributed by atoms with Crippen LogP contribution >= 0.6 is 0 Å². The number of nitrogens with one attached hydrogen (secondary N) is 1. The van der Waals surface area contributed by atoms with E-state index in [1.807, 2.05) is 48.5 Å². The number of rotatable bonds is 0. The first-order valence-corrected chi connectivity index (χ1v) is 7.63. The monoisotopic (exact) mass is 295 g/mol. The summed E-state index contributed by atoms with van der Waals surface area (Å²) in [6.07, 6.45) is 0. The highest BCUT2D eigenvalue weighted by molar-refractivity contribution is 5.97. The molecule has 3 heteroatoms. The maximum absolute atomic E-state index is 4.91. The van der Waals surface area contributed by atoms with E-state index in [4.69, 9.17) is 9.97 Å². The summed E-state index contributed by atoms with van der Waals surface area (Å²) in [6, 6.07) is 24.5. The van der Waals surface area contributed by atoms with Gasteiger partial charge in [-0.3, -0.25) is 0 Å². The van der Waals surface area contributed by atoms with Gasteiger partial charge < -0.3 is 5.32 Å². The number of hydrogen-bond acceptors (Lipinski definition) is 3. The number of anilines is 2. The van der Waals surface area contributed by atoms with Crippen molar-refractivity contribution in [2.24, 2.45) is 0 Å². The highest BCUT2D eigenvalue weighted by Crippen LogP contribution is 2.42. The van der Waals surface area contributed by atoms with Crippen LogP contribution in [-0.4, -0.2) is 9.97 Å². The molecule has 23 heavy (non-hydrogen) atoms. The summed E-state index contributed by atoms with van der Waals surface area (Å²) in [5.74, 6) is 0. The van der Waals surface area contributed by atoms with Crippen LogP contribution in [0.2, 0.25) is 0 Å². The number of nitrogens with zero attached hydrogens (tertiary/aromatic N) is 2. The molecule has 0 radical (unpaired) electrons. The van der Waals surface area contributed by atoms with Crippen molar-refractivity contribution < 1.29 is 0 Å². The maximum Gasteiger partial charge on any atom is 0.0994 e. The average Bonchev–Trinajstić information content (AvgIpc) is 2.74. The Morgan fingerprint density at radius 1 is 0.522 bits per heavy atom. The van der Waals surface area contributed by atoms with Gasteiger partial charge in [0.1, 0.15) is 0 Å². The van der Waals surface area contributed by atoms with Crippen LogP contribution in [0.3, 0.4) is 0 Å². The van der Waals surface area contributed by atoms with Crippen LogP contribution in [0.4, 0.5) is 11.4 Å². The topological polar surface area (TPSA) is 37.8 Å². The van der Waals surface area contributed by atoms with Gasteiger partial charge in [0.2, 0.25) is 0 Å². The predicted molar refractivity (Wildman–Crippen MR) is 93.7 cm³/mol. The summed E-state index contributed by atoms with van der Waals surface area (Å²) in [6.45, 7) is 0. The van der Waals surface area contributed by atoms with E-state index in [9.17, 15) is 0 Å². The second-order valence-corrected chi connectivity index (χ2v) is 5.63. The first-order chi connectivity index (χ1) is 11.4. The van der Waals surface area contributed by atoms with Crippen LogP contribution in [0.25, 0.3) is 33.5 Å². The molecule has 0 fully saturated rings. The number of benzene rings is 3. The predicted octanol–water partition coefficient (Wildman–Crippen LogP) is 5.02. The van der Waals surface area contributed by atoms with E-state index in [1.165, 1.54) is 0 Å². The maximum atomic E-state index is 4.91. The van der Waals surface area contributed by atoms with E-state index in [1.54, 1.807) is 0 Å². The third-order valence-corrected chi connectivity index (χ3v) is 4.20. The summed E-state index contributed by atoms with van der Waals surface area (Å²) in [5, 5.41) is 3.52. The summed E-state index contributed by atoms with van der Waals surface area (Å²) < 4.78 is 0. The molecule has 0 unspecified atom stereocenters. The number of fused-ring (bicyclic) bond motifs is 6. The van der Waals surface area contributed by atoms with Crippen LogP contribution in [0.1, 0.15) is 0 Å². The molecule has 1 aromatic heterocycles. The summed E-state index contributed by atoms with van der Waals surface area (Å²) in [7, 11) is 0. The lowest BCUT2D eigenvalue weighted by atomic mass is 10.0. The average molecular weight is 295 g/mol. The molecule has 0 amide bonds. The van der Waals surface area contributed by atoms with E-state index in [2.05, 4.69) is 29.6 Å². The lowest BCUT2D eigenvalue weighted by Gasteiger charge is -2.09. The second kappa shape index (κ2) is 4.65. The quantitative estimate of drug-likeness (QED) is 0.436. The summed E-state index contributed by atoms with van der Waals surface area (Å²) in [4.78, 5) is 9.83. The van der Waals surface area contributed by atoms with Crippen molar-refractivity contribution in [2.45, 2.75) is 0 Å². The fraction of sp³-hybridized carbons (Fsp3) is 0. The minimum atomic E-state index is 0.917. The molecular formula is C20H13N3. The molecule has 2 heterocycles. The molecule has 0 saturated heterocycles. The summed E-state index contributed by atoms with van der Waals surface area (Å²) >= 11 is 0. The van der Waals surface area contributed by atoms with Crippen molar-refractivity contribution in [3.63, 3.8) is 0 Å². The largest absolute Gasteiger partial charge is 0.354 e. The van der Waals surface area contributed by atoms with Gasteiger partial charge >= 0.3 is 0 Å². The Hall–Kier alpha value is -3.20. The molecule has 1 aliphatic rings. The number of aromatic nitrogens is 2. The lowest BCUT2D eigenvalue weighted by molar-refractivity contribution is 1.30. The van der Waals surface area contributed by atoms with Crippen molar-refractivity contribution in [1.82, 2.24) is 9.97 Å². The highest BCUT2D eigenvalue weighted by atomic mass is 14.9. The molecule has 4 aromatic rings. The van der Waals surface area contributed by atoms with Gasteiger partial charge in [0, 0.05) is 22.5 Å².